The second-order valence-electron chi connectivity index (χ2n) is 8.58. The van der Waals surface area contributed by atoms with Gasteiger partial charge >= 0.3 is 0 Å². The van der Waals surface area contributed by atoms with Crippen LogP contribution in [0.1, 0.15) is 51.4 Å². The van der Waals surface area contributed by atoms with E-state index < -0.39 is 5.60 Å². The van der Waals surface area contributed by atoms with Crippen molar-refractivity contribution in [1.82, 2.24) is 9.80 Å². The number of carbonyl (C=O) groups excluding carboxylic acids is 2. The van der Waals surface area contributed by atoms with Gasteiger partial charge in [0.1, 0.15) is 12.6 Å². The lowest BCUT2D eigenvalue weighted by Crippen LogP contribution is -2.71. The van der Waals surface area contributed by atoms with Gasteiger partial charge < -0.3 is 14.9 Å². The minimum absolute atomic E-state index is 0.116. The lowest BCUT2D eigenvalue weighted by Gasteiger charge is -2.64. The molecule has 120 valence electrons. The van der Waals surface area contributed by atoms with Gasteiger partial charge in [-0.3, -0.25) is 9.59 Å². The Bertz CT molecular complexity index is 546. The fraction of sp³-hybridized carbons (Fsp3) is 0.882. The highest BCUT2D eigenvalue weighted by molar-refractivity contribution is 5.96. The van der Waals surface area contributed by atoms with Crippen LogP contribution < -0.4 is 0 Å². The van der Waals surface area contributed by atoms with Crippen LogP contribution in [-0.2, 0) is 9.59 Å². The summed E-state index contributed by atoms with van der Waals surface area (Å²) in [6.45, 7) is 0.982. The summed E-state index contributed by atoms with van der Waals surface area (Å²) in [5.41, 5.74) is -0.819. The van der Waals surface area contributed by atoms with Crippen LogP contribution in [0, 0.1) is 11.8 Å². The zero-order valence-corrected chi connectivity index (χ0v) is 13.0. The average molecular weight is 304 g/mol. The molecule has 4 aliphatic carbocycles. The summed E-state index contributed by atoms with van der Waals surface area (Å²) >= 11 is 0. The van der Waals surface area contributed by atoms with Crippen molar-refractivity contribution in [3.63, 3.8) is 0 Å². The number of hydrogen-bond acceptors (Lipinski definition) is 3. The molecule has 6 rings (SSSR count). The zero-order valence-electron chi connectivity index (χ0n) is 13.0. The molecule has 2 amide bonds. The summed E-state index contributed by atoms with van der Waals surface area (Å²) in [5, 5.41) is 10.9. The van der Waals surface area contributed by atoms with Gasteiger partial charge in [0.2, 0.25) is 11.8 Å². The van der Waals surface area contributed by atoms with Crippen LogP contribution >= 0.6 is 0 Å². The fourth-order valence-electron chi connectivity index (χ4n) is 6.69. The van der Waals surface area contributed by atoms with E-state index in [0.29, 0.717) is 18.3 Å². The maximum atomic E-state index is 13.0. The molecule has 0 aromatic rings. The van der Waals surface area contributed by atoms with Crippen LogP contribution in [0.4, 0.5) is 0 Å². The van der Waals surface area contributed by atoms with Crippen molar-refractivity contribution < 1.29 is 14.7 Å². The number of nitrogens with zero attached hydrogens (tertiary/aromatic N) is 2. The van der Waals surface area contributed by atoms with Gasteiger partial charge in [0.25, 0.3) is 0 Å². The molecule has 0 aromatic heterocycles. The molecule has 6 aliphatic rings. The van der Waals surface area contributed by atoms with Crippen LogP contribution in [0.2, 0.25) is 0 Å². The maximum Gasteiger partial charge on any atom is 0.246 e. The summed E-state index contributed by atoms with van der Waals surface area (Å²) < 4.78 is 0. The molecule has 0 spiro atoms. The molecule has 2 saturated heterocycles. The quantitative estimate of drug-likeness (QED) is 0.783. The van der Waals surface area contributed by atoms with Crippen LogP contribution in [0.5, 0.6) is 0 Å². The van der Waals surface area contributed by atoms with Crippen molar-refractivity contribution >= 4 is 11.8 Å². The minimum Gasteiger partial charge on any atom is -0.390 e. The fourth-order valence-corrected chi connectivity index (χ4v) is 6.69. The van der Waals surface area contributed by atoms with Crippen molar-refractivity contribution in [2.75, 3.05) is 13.1 Å². The highest BCUT2D eigenvalue weighted by Crippen LogP contribution is 2.59. The molecule has 5 heteroatoms. The van der Waals surface area contributed by atoms with E-state index in [1.807, 2.05) is 4.90 Å². The first-order valence-corrected chi connectivity index (χ1v) is 8.81. The average Bonchev–Trinajstić information content (AvgIpc) is 2.90. The Balaban J connectivity index is 1.51. The molecule has 22 heavy (non-hydrogen) atoms. The van der Waals surface area contributed by atoms with Crippen molar-refractivity contribution in [1.29, 1.82) is 0 Å². The van der Waals surface area contributed by atoms with Gasteiger partial charge in [-0.1, -0.05) is 0 Å². The third-order valence-corrected chi connectivity index (χ3v) is 6.99. The van der Waals surface area contributed by atoms with E-state index in [2.05, 4.69) is 0 Å². The van der Waals surface area contributed by atoms with Crippen molar-refractivity contribution in [3.05, 3.63) is 0 Å². The molecule has 2 heterocycles. The summed E-state index contributed by atoms with van der Waals surface area (Å²) in [6.07, 6.45) is 7.45. The predicted octanol–water partition coefficient (Wildman–Crippen LogP) is 0.903. The monoisotopic (exact) mass is 304 g/mol. The second-order valence-corrected chi connectivity index (χ2v) is 8.58. The smallest absolute Gasteiger partial charge is 0.246 e. The zero-order chi connectivity index (χ0) is 15.1. The van der Waals surface area contributed by atoms with Crippen LogP contribution in [0.15, 0.2) is 0 Å². The summed E-state index contributed by atoms with van der Waals surface area (Å²) in [6, 6.07) is -0.219. The Morgan fingerprint density at radius 3 is 2.50 bits per heavy atom. The summed E-state index contributed by atoms with van der Waals surface area (Å²) in [4.78, 5) is 29.2. The van der Waals surface area contributed by atoms with Gasteiger partial charge in [-0.2, -0.15) is 0 Å². The van der Waals surface area contributed by atoms with Crippen molar-refractivity contribution in [3.8, 4) is 0 Å². The molecular weight excluding hydrogens is 280 g/mol. The third-order valence-electron chi connectivity index (χ3n) is 6.99. The molecule has 4 bridgehead atoms. The Morgan fingerprint density at radius 2 is 1.82 bits per heavy atom. The highest BCUT2D eigenvalue weighted by atomic mass is 16.3. The Morgan fingerprint density at radius 1 is 1.09 bits per heavy atom. The topological polar surface area (TPSA) is 60.9 Å². The van der Waals surface area contributed by atoms with Crippen LogP contribution in [0.25, 0.3) is 0 Å². The highest BCUT2D eigenvalue weighted by Gasteiger charge is 2.61. The minimum atomic E-state index is -0.583. The summed E-state index contributed by atoms with van der Waals surface area (Å²) in [7, 11) is 0. The molecule has 0 radical (unpaired) electrons. The first-order chi connectivity index (χ1) is 10.5. The molecular formula is C17H24N2O3. The van der Waals surface area contributed by atoms with Crippen LogP contribution in [0.3, 0.4) is 0 Å². The number of rotatable bonds is 1. The van der Waals surface area contributed by atoms with E-state index in [4.69, 9.17) is 0 Å². The van der Waals surface area contributed by atoms with Gasteiger partial charge in [-0.25, -0.2) is 0 Å². The first-order valence-electron chi connectivity index (χ1n) is 8.81. The molecule has 2 unspecified atom stereocenters. The number of fused-ring (bicyclic) bond motifs is 1. The van der Waals surface area contributed by atoms with E-state index in [0.717, 1.165) is 45.1 Å². The number of piperazine rings is 1. The molecule has 0 aromatic carbocycles. The lowest BCUT2D eigenvalue weighted by molar-refractivity contribution is -0.193. The molecule has 5 nitrogen and oxygen atoms in total. The van der Waals surface area contributed by atoms with Gasteiger partial charge in [0, 0.05) is 12.1 Å². The number of aliphatic hydroxyl groups is 1. The predicted molar refractivity (Wildman–Crippen MR) is 78.8 cm³/mol. The van der Waals surface area contributed by atoms with Gasteiger partial charge in [-0.15, -0.1) is 0 Å². The number of carbonyl (C=O) groups is 2. The van der Waals surface area contributed by atoms with Crippen molar-refractivity contribution in [2.45, 2.75) is 68.5 Å². The first kappa shape index (κ1) is 13.3. The van der Waals surface area contributed by atoms with Crippen molar-refractivity contribution in [2.24, 2.45) is 11.8 Å². The van der Waals surface area contributed by atoms with E-state index in [-0.39, 0.29) is 29.9 Å². The normalized spacial score (nSPS) is 50.0. The third kappa shape index (κ3) is 1.63. The molecule has 2 aliphatic heterocycles. The largest absolute Gasteiger partial charge is 0.390 e. The maximum absolute atomic E-state index is 13.0. The molecule has 4 saturated carbocycles. The lowest BCUT2D eigenvalue weighted by atomic mass is 9.50. The molecule has 6 fully saturated rings. The number of amides is 2. The molecule has 5 atom stereocenters. The number of hydrogen-bond donors (Lipinski definition) is 1. The molecule has 1 N–H and O–H groups in total. The Kier molecular flexibility index (Phi) is 2.46. The van der Waals surface area contributed by atoms with E-state index >= 15 is 0 Å². The van der Waals surface area contributed by atoms with Gasteiger partial charge in [0.05, 0.1) is 5.60 Å². The van der Waals surface area contributed by atoms with Crippen LogP contribution in [-0.4, -0.2) is 57.0 Å². The Hall–Kier alpha value is -1.10. The standard InChI is InChI=1S/C17H24N2O3/c20-14-9-19(15(21)13-2-1-3-18(13)14)16-5-11-4-12(6-16)8-17(22,7-11)10-16/h11-13,22H,1-10H2/t11-,12+,13-,16?,17?/m0/s1. The Labute approximate surface area is 130 Å². The SMILES string of the molecule is O=C1CN(C23C[C@@H]4C[C@@H](CC(O)(C4)C2)C3)C(=O)[C@@H]2CCCN12. The second kappa shape index (κ2) is 4.05. The van der Waals surface area contributed by atoms with Gasteiger partial charge in [-0.05, 0) is 63.2 Å². The van der Waals surface area contributed by atoms with Gasteiger partial charge in [0.15, 0.2) is 0 Å². The van der Waals surface area contributed by atoms with E-state index in [1.165, 1.54) is 6.42 Å². The summed E-state index contributed by atoms with van der Waals surface area (Å²) in [5.74, 6) is 1.35. The van der Waals surface area contributed by atoms with E-state index in [1.54, 1.807) is 4.90 Å². The van der Waals surface area contributed by atoms with E-state index in [9.17, 15) is 14.7 Å².